The number of phenolic OH excluding ortho intramolecular Hbond substituents is 3. The van der Waals surface area contributed by atoms with Crippen LogP contribution in [0.25, 0.3) is 21.9 Å². The molecule has 2 fully saturated rings. The summed E-state index contributed by atoms with van der Waals surface area (Å²) in [5.74, 6) is -0.414. The van der Waals surface area contributed by atoms with Crippen molar-refractivity contribution in [2.45, 2.75) is 51.7 Å². The Kier molecular flexibility index (Phi) is 4.06. The minimum atomic E-state index is -0.436. The summed E-state index contributed by atoms with van der Waals surface area (Å²) in [6.45, 7) is 6.46. The van der Waals surface area contributed by atoms with Crippen LogP contribution in [0.5, 0.6) is 23.0 Å². The van der Waals surface area contributed by atoms with Gasteiger partial charge >= 0.3 is 0 Å². The van der Waals surface area contributed by atoms with Gasteiger partial charge in [-0.2, -0.15) is 0 Å². The third-order valence-electron chi connectivity index (χ3n) is 7.45. The Morgan fingerprint density at radius 1 is 1.06 bits per heavy atom. The Morgan fingerprint density at radius 3 is 2.42 bits per heavy atom. The molecule has 0 spiro atoms. The quantitative estimate of drug-likeness (QED) is 0.538. The Labute approximate surface area is 178 Å². The highest BCUT2D eigenvalue weighted by Gasteiger charge is 2.60. The zero-order valence-corrected chi connectivity index (χ0v) is 18.0. The molecule has 1 aromatic heterocycles. The van der Waals surface area contributed by atoms with Crippen LogP contribution < -0.4 is 10.2 Å². The molecule has 0 amide bonds. The van der Waals surface area contributed by atoms with E-state index in [9.17, 15) is 20.1 Å². The second-order valence-corrected chi connectivity index (χ2v) is 9.59. The Morgan fingerprint density at radius 2 is 1.77 bits per heavy atom. The van der Waals surface area contributed by atoms with Gasteiger partial charge in [0.15, 0.2) is 11.5 Å². The van der Waals surface area contributed by atoms with Gasteiger partial charge < -0.3 is 29.2 Å². The third kappa shape index (κ3) is 2.65. The van der Waals surface area contributed by atoms with E-state index >= 15 is 0 Å². The van der Waals surface area contributed by atoms with Gasteiger partial charge in [-0.3, -0.25) is 4.79 Å². The summed E-state index contributed by atoms with van der Waals surface area (Å²) in [6.07, 6.45) is 2.52. The lowest BCUT2D eigenvalue weighted by Crippen LogP contribution is -2.42. The van der Waals surface area contributed by atoms with E-state index in [0.29, 0.717) is 12.0 Å². The molecule has 3 N–H and O–H groups in total. The van der Waals surface area contributed by atoms with Crippen LogP contribution >= 0.6 is 0 Å². The molecule has 2 aliphatic heterocycles. The predicted octanol–water partition coefficient (Wildman–Crippen LogP) is 4.21. The van der Waals surface area contributed by atoms with Gasteiger partial charge in [0.25, 0.3) is 0 Å². The number of hydrogen-bond acceptors (Lipinski definition) is 7. The summed E-state index contributed by atoms with van der Waals surface area (Å²) in [6, 6.07) is 3.71. The molecule has 31 heavy (non-hydrogen) atoms. The fourth-order valence-electron chi connectivity index (χ4n) is 5.90. The van der Waals surface area contributed by atoms with Gasteiger partial charge in [-0.25, -0.2) is 0 Å². The van der Waals surface area contributed by atoms with Crippen molar-refractivity contribution in [2.75, 3.05) is 7.11 Å². The highest BCUT2D eigenvalue weighted by molar-refractivity contribution is 5.96. The first-order valence-corrected chi connectivity index (χ1v) is 10.5. The van der Waals surface area contributed by atoms with Gasteiger partial charge in [0.1, 0.15) is 28.1 Å². The van der Waals surface area contributed by atoms with Crippen molar-refractivity contribution in [3.63, 3.8) is 0 Å². The second kappa shape index (κ2) is 6.29. The van der Waals surface area contributed by atoms with Crippen LogP contribution in [0.15, 0.2) is 27.4 Å². The maximum Gasteiger partial charge on any atom is 0.204 e. The fourth-order valence-corrected chi connectivity index (χ4v) is 5.90. The molecule has 0 saturated carbocycles. The molecule has 2 aromatic carbocycles. The number of ether oxygens (including phenoxy) is 2. The van der Waals surface area contributed by atoms with E-state index in [-0.39, 0.29) is 68.0 Å². The van der Waals surface area contributed by atoms with Crippen LogP contribution in [-0.4, -0.2) is 34.1 Å². The van der Waals surface area contributed by atoms with Crippen LogP contribution in [0.4, 0.5) is 0 Å². The van der Waals surface area contributed by atoms with Crippen LogP contribution in [0.1, 0.15) is 39.2 Å². The molecule has 0 aliphatic carbocycles. The molecule has 2 saturated heterocycles. The maximum absolute atomic E-state index is 13.5. The monoisotopic (exact) mass is 426 g/mol. The zero-order valence-electron chi connectivity index (χ0n) is 18.0. The van der Waals surface area contributed by atoms with Crippen LogP contribution in [0.3, 0.4) is 0 Å². The Bertz CT molecular complexity index is 1280. The summed E-state index contributed by atoms with van der Waals surface area (Å²) in [5, 5.41) is 31.0. The second-order valence-electron chi connectivity index (χ2n) is 9.59. The number of phenols is 3. The fraction of sp³-hybridized carbons (Fsp3) is 0.458. The number of rotatable bonds is 3. The summed E-state index contributed by atoms with van der Waals surface area (Å²) >= 11 is 0. The first-order valence-electron chi connectivity index (χ1n) is 10.5. The van der Waals surface area contributed by atoms with Crippen molar-refractivity contribution in [1.29, 1.82) is 0 Å². The molecule has 7 heteroatoms. The average molecular weight is 426 g/mol. The van der Waals surface area contributed by atoms with E-state index in [4.69, 9.17) is 13.9 Å². The largest absolute Gasteiger partial charge is 0.508 e. The Balaban J connectivity index is 1.81. The van der Waals surface area contributed by atoms with Crippen molar-refractivity contribution in [1.82, 2.24) is 0 Å². The molecule has 0 unspecified atom stereocenters. The van der Waals surface area contributed by atoms with Crippen LogP contribution in [-0.2, 0) is 11.2 Å². The van der Waals surface area contributed by atoms with E-state index in [0.717, 1.165) is 18.9 Å². The Hall–Kier alpha value is -2.93. The molecular formula is C24H26O7. The normalized spacial score (nSPS) is 26.7. The number of aromatic hydroxyl groups is 3. The molecule has 2 bridgehead atoms. The zero-order chi connectivity index (χ0) is 22.3. The van der Waals surface area contributed by atoms with E-state index in [1.54, 1.807) is 0 Å². The molecule has 3 heterocycles. The van der Waals surface area contributed by atoms with E-state index in [1.807, 2.05) is 0 Å². The highest BCUT2D eigenvalue weighted by atomic mass is 16.5. The lowest BCUT2D eigenvalue weighted by atomic mass is 9.62. The van der Waals surface area contributed by atoms with Gasteiger partial charge in [-0.05, 0) is 37.5 Å². The van der Waals surface area contributed by atoms with Gasteiger partial charge in [0, 0.05) is 23.8 Å². The molecule has 3 aromatic rings. The van der Waals surface area contributed by atoms with Crippen molar-refractivity contribution in [3.05, 3.63) is 34.0 Å². The van der Waals surface area contributed by atoms with Crippen LogP contribution in [0, 0.1) is 11.3 Å². The lowest BCUT2D eigenvalue weighted by Gasteiger charge is -2.39. The summed E-state index contributed by atoms with van der Waals surface area (Å²) < 4.78 is 17.7. The standard InChI is InChI=1S/C24H26O7/c1-23(2)17(24(3)6-5-18(23)31-24)9-12-19-16(10-14(27)22(12)29-4)30-15-8-11(25)7-13(26)20(15)21(19)28/h7-8,10,17-18,25-27H,5-6,9H2,1-4H3/t17-,18-,24+/m0/s1. The smallest absolute Gasteiger partial charge is 0.204 e. The predicted molar refractivity (Wildman–Crippen MR) is 115 cm³/mol. The summed E-state index contributed by atoms with van der Waals surface area (Å²) in [7, 11) is 1.45. The van der Waals surface area contributed by atoms with Crippen molar-refractivity contribution in [3.8, 4) is 23.0 Å². The molecular weight excluding hydrogens is 400 g/mol. The SMILES string of the molecule is COc1c(O)cc2oc3cc(O)cc(O)c3c(=O)c2c1C[C@H]1C(C)(C)[C@@H]2CC[C@@]1(C)O2. The van der Waals surface area contributed by atoms with E-state index in [2.05, 4.69) is 20.8 Å². The van der Waals surface area contributed by atoms with Gasteiger partial charge in [0.2, 0.25) is 5.43 Å². The van der Waals surface area contributed by atoms with Crippen LogP contribution in [0.2, 0.25) is 0 Å². The van der Waals surface area contributed by atoms with Crippen molar-refractivity contribution in [2.24, 2.45) is 11.3 Å². The molecule has 0 radical (unpaired) electrons. The topological polar surface area (TPSA) is 109 Å². The minimum Gasteiger partial charge on any atom is -0.508 e. The molecule has 2 aliphatic rings. The average Bonchev–Trinajstić information content (AvgIpc) is 3.15. The van der Waals surface area contributed by atoms with Gasteiger partial charge in [-0.15, -0.1) is 0 Å². The maximum atomic E-state index is 13.5. The van der Waals surface area contributed by atoms with Gasteiger partial charge in [-0.1, -0.05) is 13.8 Å². The minimum absolute atomic E-state index is 0.0195. The summed E-state index contributed by atoms with van der Waals surface area (Å²) in [4.78, 5) is 13.5. The number of methoxy groups -OCH3 is 1. The van der Waals surface area contributed by atoms with Crippen molar-refractivity contribution < 1.29 is 29.2 Å². The first kappa shape index (κ1) is 20.0. The lowest BCUT2D eigenvalue weighted by molar-refractivity contribution is 0.00597. The number of benzene rings is 2. The first-order chi connectivity index (χ1) is 14.6. The molecule has 7 nitrogen and oxygen atoms in total. The molecule has 164 valence electrons. The molecule has 5 rings (SSSR count). The van der Waals surface area contributed by atoms with Gasteiger partial charge in [0.05, 0.1) is 24.2 Å². The third-order valence-corrected chi connectivity index (χ3v) is 7.45. The number of hydrogen-bond donors (Lipinski definition) is 3. The highest BCUT2D eigenvalue weighted by Crippen LogP contribution is 2.59. The van der Waals surface area contributed by atoms with E-state index < -0.39 is 5.43 Å². The van der Waals surface area contributed by atoms with E-state index in [1.165, 1.54) is 19.2 Å². The summed E-state index contributed by atoms with van der Waals surface area (Å²) in [5.41, 5.74) is -0.142. The molecule has 3 atom stereocenters. The number of fused-ring (bicyclic) bond motifs is 4. The van der Waals surface area contributed by atoms with Crippen molar-refractivity contribution >= 4 is 21.9 Å².